The summed E-state index contributed by atoms with van der Waals surface area (Å²) in [5.41, 5.74) is -1.05. The Bertz CT molecular complexity index is 1200. The van der Waals surface area contributed by atoms with Crippen LogP contribution in [0.2, 0.25) is 5.15 Å². The number of pyridine rings is 1. The number of fused-ring (bicyclic) bond motifs is 1. The van der Waals surface area contributed by atoms with Gasteiger partial charge in [0.25, 0.3) is 5.91 Å². The summed E-state index contributed by atoms with van der Waals surface area (Å²) in [6, 6.07) is 2.29. The van der Waals surface area contributed by atoms with Crippen LogP contribution >= 0.6 is 11.6 Å². The molecule has 5 rings (SSSR count). The molecule has 7 nitrogen and oxygen atoms in total. The van der Waals surface area contributed by atoms with E-state index in [4.69, 9.17) is 16.0 Å². The van der Waals surface area contributed by atoms with Crippen molar-refractivity contribution in [2.24, 2.45) is 5.92 Å². The minimum Gasteiger partial charge on any atom is -0.472 e. The number of nitrogens with one attached hydrogen (secondary N) is 1. The number of nitrogens with zero attached hydrogens (tertiary/aromatic N) is 3. The molecule has 1 N–H and O–H groups in total. The van der Waals surface area contributed by atoms with E-state index < -0.39 is 23.3 Å². The third kappa shape index (κ3) is 3.72. The molecule has 3 aromatic heterocycles. The van der Waals surface area contributed by atoms with Crippen LogP contribution in [0, 0.1) is 5.92 Å². The highest BCUT2D eigenvalue weighted by atomic mass is 35.5. The maximum absolute atomic E-state index is 13.8. The molecule has 4 heterocycles. The van der Waals surface area contributed by atoms with E-state index in [0.717, 1.165) is 23.3 Å². The fourth-order valence-corrected chi connectivity index (χ4v) is 4.18. The van der Waals surface area contributed by atoms with E-state index in [1.165, 1.54) is 29.7 Å². The lowest BCUT2D eigenvalue weighted by atomic mass is 10.1. The highest BCUT2D eigenvalue weighted by molar-refractivity contribution is 6.33. The molecule has 11 heteroatoms. The van der Waals surface area contributed by atoms with Gasteiger partial charge in [-0.1, -0.05) is 11.6 Å². The fourth-order valence-electron chi connectivity index (χ4n) is 3.93. The molecule has 0 aromatic carbocycles. The van der Waals surface area contributed by atoms with Gasteiger partial charge in [0.05, 0.1) is 18.1 Å². The number of carbonyl (C=O) groups excluding carboxylic acids is 2. The molecule has 1 aliphatic heterocycles. The van der Waals surface area contributed by atoms with Gasteiger partial charge in [0.15, 0.2) is 11.3 Å². The second kappa shape index (κ2) is 7.54. The lowest BCUT2D eigenvalue weighted by Gasteiger charge is -2.16. The summed E-state index contributed by atoms with van der Waals surface area (Å²) >= 11 is 6.35. The molecule has 2 amide bonds. The Labute approximate surface area is 185 Å². The van der Waals surface area contributed by atoms with E-state index in [1.54, 1.807) is 0 Å². The third-order valence-electron chi connectivity index (χ3n) is 5.79. The molecule has 168 valence electrons. The third-order valence-corrected chi connectivity index (χ3v) is 6.16. The molecule has 1 saturated carbocycles. The molecule has 32 heavy (non-hydrogen) atoms. The fraction of sp³-hybridized carbons (Fsp3) is 0.381. The van der Waals surface area contributed by atoms with Gasteiger partial charge in [-0.15, -0.1) is 0 Å². The van der Waals surface area contributed by atoms with E-state index in [9.17, 15) is 22.8 Å². The van der Waals surface area contributed by atoms with Crippen molar-refractivity contribution in [3.63, 3.8) is 0 Å². The molecule has 1 aliphatic carbocycles. The molecule has 2 aliphatic rings. The number of rotatable bonds is 4. The minimum atomic E-state index is -4.71. The van der Waals surface area contributed by atoms with Crippen LogP contribution in [0.15, 0.2) is 35.3 Å². The normalized spacial score (nSPS) is 19.0. The first-order valence-electron chi connectivity index (χ1n) is 10.1. The number of halogens is 4. The number of furan rings is 1. The Kier molecular flexibility index (Phi) is 4.92. The van der Waals surface area contributed by atoms with Crippen molar-refractivity contribution in [2.45, 2.75) is 31.5 Å². The van der Waals surface area contributed by atoms with Crippen LogP contribution in [0.1, 0.15) is 35.3 Å². The summed E-state index contributed by atoms with van der Waals surface area (Å²) in [6.07, 6.45) is 1.67. The Hall–Kier alpha value is -3.01. The Morgan fingerprint density at radius 3 is 2.66 bits per heavy atom. The van der Waals surface area contributed by atoms with Crippen molar-refractivity contribution in [1.29, 1.82) is 0 Å². The molecule has 3 aromatic rings. The van der Waals surface area contributed by atoms with E-state index >= 15 is 0 Å². The van der Waals surface area contributed by atoms with Crippen molar-refractivity contribution in [3.8, 4) is 11.1 Å². The molecular formula is C21H18ClF3N4O3. The average molecular weight is 467 g/mol. The van der Waals surface area contributed by atoms with Crippen molar-refractivity contribution in [3.05, 3.63) is 47.3 Å². The highest BCUT2D eigenvalue weighted by Crippen LogP contribution is 2.37. The number of imidazole rings is 1. The van der Waals surface area contributed by atoms with E-state index in [0.29, 0.717) is 18.5 Å². The first-order valence-corrected chi connectivity index (χ1v) is 10.5. The maximum atomic E-state index is 13.8. The number of hydrogen-bond donors (Lipinski definition) is 1. The van der Waals surface area contributed by atoms with Gasteiger partial charge in [-0.3, -0.25) is 14.0 Å². The molecular weight excluding hydrogens is 449 g/mol. The smallest absolute Gasteiger partial charge is 0.420 e. The Morgan fingerprint density at radius 1 is 1.22 bits per heavy atom. The zero-order chi connectivity index (χ0) is 22.6. The maximum Gasteiger partial charge on any atom is 0.420 e. The lowest BCUT2D eigenvalue weighted by molar-refractivity contribution is -0.136. The zero-order valence-corrected chi connectivity index (χ0v) is 17.4. The summed E-state index contributed by atoms with van der Waals surface area (Å²) in [4.78, 5) is 30.5. The lowest BCUT2D eigenvalue weighted by Crippen LogP contribution is -2.39. The molecule has 0 bridgehead atoms. The molecule has 0 unspecified atom stereocenters. The van der Waals surface area contributed by atoms with Crippen LogP contribution in [0.5, 0.6) is 0 Å². The van der Waals surface area contributed by atoms with Crippen LogP contribution in [-0.2, 0) is 11.0 Å². The van der Waals surface area contributed by atoms with Crippen LogP contribution in [0.4, 0.5) is 13.2 Å². The number of hydrogen-bond acceptors (Lipinski definition) is 4. The first kappa shape index (κ1) is 20.9. The number of alkyl halides is 3. The van der Waals surface area contributed by atoms with Gasteiger partial charge in [0.1, 0.15) is 5.15 Å². The predicted molar refractivity (Wildman–Crippen MR) is 108 cm³/mol. The number of aromatic nitrogens is 2. The largest absolute Gasteiger partial charge is 0.472 e. The second-order valence-corrected chi connectivity index (χ2v) is 8.47. The van der Waals surface area contributed by atoms with E-state index in [-0.39, 0.29) is 40.8 Å². The Balaban J connectivity index is 1.47. The summed E-state index contributed by atoms with van der Waals surface area (Å²) in [7, 11) is 0. The SMILES string of the molecule is O=C(N[C@@H]1CCN(C(=O)c2nc3c(C(F)(F)F)cc(-c4ccoc4)cn3c2Cl)C1)C1CC1. The molecule has 0 radical (unpaired) electrons. The minimum absolute atomic E-state index is 0.0170. The summed E-state index contributed by atoms with van der Waals surface area (Å²) in [5.74, 6) is -0.533. The van der Waals surface area contributed by atoms with Crippen molar-refractivity contribution >= 4 is 29.1 Å². The van der Waals surface area contributed by atoms with E-state index in [2.05, 4.69) is 10.3 Å². The average Bonchev–Trinajstić information content (AvgIpc) is 3.12. The van der Waals surface area contributed by atoms with Crippen LogP contribution in [0.25, 0.3) is 16.8 Å². The van der Waals surface area contributed by atoms with Crippen LogP contribution < -0.4 is 5.32 Å². The van der Waals surface area contributed by atoms with Crippen molar-refractivity contribution in [2.75, 3.05) is 13.1 Å². The van der Waals surface area contributed by atoms with Crippen LogP contribution in [-0.4, -0.2) is 45.2 Å². The molecule has 1 atom stereocenters. The molecule has 2 fully saturated rings. The number of amides is 2. The molecule has 1 saturated heterocycles. The highest BCUT2D eigenvalue weighted by Gasteiger charge is 2.38. The van der Waals surface area contributed by atoms with Gasteiger partial charge in [0, 0.05) is 42.4 Å². The monoisotopic (exact) mass is 466 g/mol. The van der Waals surface area contributed by atoms with Crippen molar-refractivity contribution < 1.29 is 27.2 Å². The van der Waals surface area contributed by atoms with Gasteiger partial charge in [-0.05, 0) is 31.4 Å². The predicted octanol–water partition coefficient (Wildman–Crippen LogP) is 4.01. The first-order chi connectivity index (χ1) is 15.2. The summed E-state index contributed by atoms with van der Waals surface area (Å²) in [6.45, 7) is 0.610. The second-order valence-electron chi connectivity index (χ2n) is 8.12. The topological polar surface area (TPSA) is 79.8 Å². The van der Waals surface area contributed by atoms with Crippen LogP contribution in [0.3, 0.4) is 0 Å². The van der Waals surface area contributed by atoms with Gasteiger partial charge < -0.3 is 14.6 Å². The van der Waals surface area contributed by atoms with Gasteiger partial charge in [-0.2, -0.15) is 13.2 Å². The zero-order valence-electron chi connectivity index (χ0n) is 16.7. The standard InChI is InChI=1S/C21H18ClF3N4O3/c22-17-16(20(31)28-5-3-14(9-28)26-19(30)11-1-2-11)27-18-15(21(23,24)25)7-13(8-29(17)18)12-4-6-32-10-12/h4,6-8,10-11,14H,1-3,5,9H2,(H,26,30)/t14-/m1/s1. The summed E-state index contributed by atoms with van der Waals surface area (Å²) < 4.78 is 47.4. The van der Waals surface area contributed by atoms with Gasteiger partial charge in [0.2, 0.25) is 5.91 Å². The van der Waals surface area contributed by atoms with Gasteiger partial charge >= 0.3 is 6.18 Å². The molecule has 0 spiro atoms. The van der Waals surface area contributed by atoms with Crippen molar-refractivity contribution in [1.82, 2.24) is 19.6 Å². The number of carbonyl (C=O) groups is 2. The quantitative estimate of drug-likeness (QED) is 0.630. The number of likely N-dealkylation sites (tertiary alicyclic amines) is 1. The van der Waals surface area contributed by atoms with Gasteiger partial charge in [-0.25, -0.2) is 4.98 Å². The summed E-state index contributed by atoms with van der Waals surface area (Å²) in [5, 5.41) is 2.72. The van der Waals surface area contributed by atoms with E-state index in [1.807, 2.05) is 0 Å². The Morgan fingerprint density at radius 2 is 2.00 bits per heavy atom.